The van der Waals surface area contributed by atoms with E-state index in [1.807, 2.05) is 37.4 Å². The number of nitrogens with zero attached hydrogens (tertiary/aromatic N) is 2. The van der Waals surface area contributed by atoms with Gasteiger partial charge in [-0.05, 0) is 86.5 Å². The van der Waals surface area contributed by atoms with Gasteiger partial charge in [0.15, 0.2) is 17.3 Å². The number of benzene rings is 2. The fourth-order valence-corrected chi connectivity index (χ4v) is 5.16. The van der Waals surface area contributed by atoms with Crippen LogP contribution in [0.1, 0.15) is 46.3 Å². The lowest BCUT2D eigenvalue weighted by Crippen LogP contribution is -2.34. The van der Waals surface area contributed by atoms with Crippen molar-refractivity contribution in [3.63, 3.8) is 0 Å². The largest absolute Gasteiger partial charge is 0.493 e. The van der Waals surface area contributed by atoms with Gasteiger partial charge in [-0.1, -0.05) is 36.4 Å². The van der Waals surface area contributed by atoms with E-state index < -0.39 is 0 Å². The van der Waals surface area contributed by atoms with E-state index in [2.05, 4.69) is 40.2 Å². The monoisotopic (exact) mass is 472 g/mol. The minimum absolute atomic E-state index is 0.109. The molecule has 3 aromatic rings. The van der Waals surface area contributed by atoms with Gasteiger partial charge in [-0.15, -0.1) is 0 Å². The molecule has 0 bridgehead atoms. The minimum Gasteiger partial charge on any atom is -0.493 e. The van der Waals surface area contributed by atoms with E-state index in [-0.39, 0.29) is 11.7 Å². The summed E-state index contributed by atoms with van der Waals surface area (Å²) in [6.07, 6.45) is 7.79. The molecular formula is C30H36N2O3. The summed E-state index contributed by atoms with van der Waals surface area (Å²) in [6, 6.07) is 18.5. The normalized spacial score (nSPS) is 17.9. The van der Waals surface area contributed by atoms with Crippen LogP contribution in [-0.4, -0.2) is 43.0 Å². The van der Waals surface area contributed by atoms with Crippen LogP contribution >= 0.6 is 0 Å². The number of carbonyl (C=O) groups excluding carboxylic acids is 1. The van der Waals surface area contributed by atoms with E-state index in [4.69, 9.17) is 9.47 Å². The molecule has 35 heavy (non-hydrogen) atoms. The van der Waals surface area contributed by atoms with Crippen molar-refractivity contribution in [3.8, 4) is 11.5 Å². The summed E-state index contributed by atoms with van der Waals surface area (Å²) >= 11 is 0. The van der Waals surface area contributed by atoms with Crippen LogP contribution in [0.2, 0.25) is 0 Å². The molecule has 2 heterocycles. The van der Waals surface area contributed by atoms with E-state index in [9.17, 15) is 4.79 Å². The molecule has 1 fully saturated rings. The van der Waals surface area contributed by atoms with E-state index in [0.29, 0.717) is 17.4 Å². The third-order valence-corrected chi connectivity index (χ3v) is 7.10. The molecule has 5 heteroatoms. The summed E-state index contributed by atoms with van der Waals surface area (Å²) in [4.78, 5) is 19.4. The van der Waals surface area contributed by atoms with Crippen molar-refractivity contribution in [2.75, 3.05) is 27.3 Å². The van der Waals surface area contributed by atoms with Crippen molar-refractivity contribution in [2.24, 2.45) is 11.8 Å². The highest BCUT2D eigenvalue weighted by molar-refractivity contribution is 6.02. The molecule has 5 nitrogen and oxygen atoms in total. The van der Waals surface area contributed by atoms with Crippen molar-refractivity contribution in [3.05, 3.63) is 89.2 Å². The highest BCUT2D eigenvalue weighted by atomic mass is 16.5. The summed E-state index contributed by atoms with van der Waals surface area (Å²) in [5.41, 5.74) is 4.52. The smallest absolute Gasteiger partial charge is 0.166 e. The van der Waals surface area contributed by atoms with E-state index in [1.54, 1.807) is 20.4 Å². The molecule has 0 saturated carbocycles. The van der Waals surface area contributed by atoms with Gasteiger partial charge in [-0.2, -0.15) is 0 Å². The maximum absolute atomic E-state index is 12.9. The molecule has 5 rings (SSSR count). The van der Waals surface area contributed by atoms with Gasteiger partial charge < -0.3 is 9.47 Å². The van der Waals surface area contributed by atoms with Crippen LogP contribution in [0.25, 0.3) is 0 Å². The second kappa shape index (κ2) is 12.0. The molecule has 1 atom stereocenters. The van der Waals surface area contributed by atoms with Crippen LogP contribution in [-0.2, 0) is 13.0 Å². The number of aromatic nitrogens is 1. The Bertz CT molecular complexity index is 1090. The van der Waals surface area contributed by atoms with Crippen molar-refractivity contribution >= 4 is 5.78 Å². The summed E-state index contributed by atoms with van der Waals surface area (Å²) in [7, 11) is 3.26. The van der Waals surface area contributed by atoms with Gasteiger partial charge in [0.05, 0.1) is 14.2 Å². The zero-order valence-corrected chi connectivity index (χ0v) is 21.1. The lowest BCUT2D eigenvalue weighted by molar-refractivity contribution is 0.0895. The Morgan fingerprint density at radius 3 is 2.29 bits per heavy atom. The Kier molecular flexibility index (Phi) is 8.54. The number of piperidine rings is 1. The van der Waals surface area contributed by atoms with Crippen LogP contribution < -0.4 is 9.47 Å². The number of methoxy groups -OCH3 is 2. The lowest BCUT2D eigenvalue weighted by Gasteiger charge is -2.32. The number of aryl methyl sites for hydroxylation is 1. The molecule has 1 aliphatic heterocycles. The van der Waals surface area contributed by atoms with E-state index in [0.717, 1.165) is 43.6 Å². The van der Waals surface area contributed by atoms with Crippen molar-refractivity contribution in [2.45, 2.75) is 39.2 Å². The number of hydrogen-bond donors (Lipinski definition) is 0. The molecule has 0 radical (unpaired) electrons. The van der Waals surface area contributed by atoms with Crippen LogP contribution in [0, 0.1) is 18.8 Å². The quantitative estimate of drug-likeness (QED) is 0.457. The molecule has 0 spiro atoms. The maximum atomic E-state index is 12.9. The number of ketones is 1. The number of hydrogen-bond acceptors (Lipinski definition) is 5. The van der Waals surface area contributed by atoms with Gasteiger partial charge >= 0.3 is 0 Å². The predicted molar refractivity (Wildman–Crippen MR) is 139 cm³/mol. The minimum atomic E-state index is 0.109. The zero-order chi connectivity index (χ0) is 24.6. The Hall–Kier alpha value is -3.18. The first-order valence-electron chi connectivity index (χ1n) is 12.5. The Morgan fingerprint density at radius 2 is 1.69 bits per heavy atom. The van der Waals surface area contributed by atoms with Crippen molar-refractivity contribution in [1.29, 1.82) is 0 Å². The van der Waals surface area contributed by atoms with Gasteiger partial charge in [0.1, 0.15) is 0 Å². The van der Waals surface area contributed by atoms with Gasteiger partial charge in [0.25, 0.3) is 0 Å². The molecule has 1 aliphatic carbocycles. The van der Waals surface area contributed by atoms with Crippen molar-refractivity contribution in [1.82, 2.24) is 9.88 Å². The molecule has 2 aromatic carbocycles. The van der Waals surface area contributed by atoms with Crippen LogP contribution in [0.5, 0.6) is 11.5 Å². The molecule has 2 aliphatic rings. The first-order valence-corrected chi connectivity index (χ1v) is 12.5. The Labute approximate surface area is 209 Å². The molecular weight excluding hydrogens is 436 g/mol. The number of carbonyl (C=O) groups is 1. The third kappa shape index (κ3) is 6.49. The van der Waals surface area contributed by atoms with Crippen LogP contribution in [0.15, 0.2) is 67.0 Å². The van der Waals surface area contributed by atoms with Crippen LogP contribution in [0.3, 0.4) is 0 Å². The van der Waals surface area contributed by atoms with E-state index >= 15 is 0 Å². The molecule has 1 unspecified atom stereocenters. The first-order chi connectivity index (χ1) is 17.1. The van der Waals surface area contributed by atoms with Gasteiger partial charge in [-0.3, -0.25) is 14.7 Å². The molecule has 1 aromatic heterocycles. The van der Waals surface area contributed by atoms with Gasteiger partial charge in [-0.25, -0.2) is 0 Å². The SMILES string of the molecule is COc1cc2c(cc1OC)C(=O)C(CC1CCN(Cc3ccccc3)CC1)C2.Cc1cccnc1. The average molecular weight is 473 g/mol. The van der Waals surface area contributed by atoms with Crippen LogP contribution in [0.4, 0.5) is 0 Å². The Morgan fingerprint density at radius 1 is 0.971 bits per heavy atom. The number of rotatable bonds is 6. The van der Waals surface area contributed by atoms with E-state index in [1.165, 1.54) is 24.0 Å². The number of pyridine rings is 1. The fourth-order valence-electron chi connectivity index (χ4n) is 5.16. The second-order valence-electron chi connectivity index (χ2n) is 9.60. The number of fused-ring (bicyclic) bond motifs is 1. The second-order valence-corrected chi connectivity index (χ2v) is 9.60. The van der Waals surface area contributed by atoms with Crippen molar-refractivity contribution < 1.29 is 14.3 Å². The summed E-state index contributed by atoms with van der Waals surface area (Å²) in [5.74, 6) is 2.38. The van der Waals surface area contributed by atoms with Gasteiger partial charge in [0, 0.05) is 30.4 Å². The molecule has 0 amide bonds. The third-order valence-electron chi connectivity index (χ3n) is 7.10. The lowest BCUT2D eigenvalue weighted by atomic mass is 9.85. The summed E-state index contributed by atoms with van der Waals surface area (Å²) < 4.78 is 10.8. The first kappa shape index (κ1) is 24.9. The topological polar surface area (TPSA) is 51.7 Å². The number of likely N-dealkylation sites (tertiary alicyclic amines) is 1. The highest BCUT2D eigenvalue weighted by Gasteiger charge is 2.34. The number of ether oxygens (including phenoxy) is 2. The summed E-state index contributed by atoms with van der Waals surface area (Å²) in [6.45, 7) is 5.29. The standard InChI is InChI=1S/C24H29NO3.C6H7N/c1-27-22-14-19-13-20(24(26)21(19)15-23(22)28-2)12-17-8-10-25(11-9-17)16-18-6-4-3-5-7-18;1-6-3-2-4-7-5-6/h3-7,14-15,17,20H,8-13,16H2,1-2H3;2-5H,1H3. The molecule has 184 valence electrons. The molecule has 0 N–H and O–H groups in total. The zero-order valence-electron chi connectivity index (χ0n) is 21.1. The summed E-state index contributed by atoms with van der Waals surface area (Å²) in [5, 5.41) is 0. The maximum Gasteiger partial charge on any atom is 0.166 e. The number of Topliss-reactive ketones (excluding diaryl/α,β-unsaturated/α-hetero) is 1. The van der Waals surface area contributed by atoms with Gasteiger partial charge in [0.2, 0.25) is 0 Å². The molecule has 1 saturated heterocycles. The predicted octanol–water partition coefficient (Wildman–Crippen LogP) is 5.75. The Balaban J connectivity index is 0.000000356. The highest BCUT2D eigenvalue weighted by Crippen LogP contribution is 2.39. The average Bonchev–Trinajstić information content (AvgIpc) is 3.19. The fraction of sp³-hybridized carbons (Fsp3) is 0.400.